The van der Waals surface area contributed by atoms with E-state index in [-0.39, 0.29) is 5.78 Å². The molecule has 0 unspecified atom stereocenters. The number of hydrogen-bond donors (Lipinski definition) is 0. The van der Waals surface area contributed by atoms with E-state index in [1.807, 2.05) is 6.07 Å². The van der Waals surface area contributed by atoms with Gasteiger partial charge >= 0.3 is 0 Å². The molecular weight excluding hydrogens is 291 g/mol. The Hall–Kier alpha value is -1.31. The van der Waals surface area contributed by atoms with Crippen molar-refractivity contribution in [3.8, 4) is 0 Å². The summed E-state index contributed by atoms with van der Waals surface area (Å²) in [4.78, 5) is 12.2. The van der Waals surface area contributed by atoms with E-state index in [0.29, 0.717) is 22.0 Å². The standard InChI is InChI=1S/C17H16Cl2O/c1-11-4-3-5-12(2)16(11)6-7-17(20)13-8-14(18)10-15(19)9-13/h3-5,8-10H,6-7H2,1-2H3. The van der Waals surface area contributed by atoms with Crippen molar-refractivity contribution in [2.75, 3.05) is 0 Å². The lowest BCUT2D eigenvalue weighted by molar-refractivity contribution is 0.0983. The van der Waals surface area contributed by atoms with Gasteiger partial charge < -0.3 is 0 Å². The molecular formula is C17H16Cl2O. The highest BCUT2D eigenvalue weighted by Gasteiger charge is 2.10. The largest absolute Gasteiger partial charge is 0.294 e. The fourth-order valence-corrected chi connectivity index (χ4v) is 2.87. The number of rotatable bonds is 4. The fraction of sp³-hybridized carbons (Fsp3) is 0.235. The topological polar surface area (TPSA) is 17.1 Å². The molecule has 0 amide bonds. The summed E-state index contributed by atoms with van der Waals surface area (Å²) in [5.74, 6) is 0.0667. The first-order chi connectivity index (χ1) is 9.47. The van der Waals surface area contributed by atoms with E-state index in [0.717, 1.165) is 6.42 Å². The Morgan fingerprint density at radius 1 is 1.00 bits per heavy atom. The molecule has 0 atom stereocenters. The number of hydrogen-bond acceptors (Lipinski definition) is 1. The minimum Gasteiger partial charge on any atom is -0.294 e. The SMILES string of the molecule is Cc1cccc(C)c1CCC(=O)c1cc(Cl)cc(Cl)c1. The maximum absolute atomic E-state index is 12.2. The van der Waals surface area contributed by atoms with E-state index >= 15 is 0 Å². The Bertz CT molecular complexity index is 607. The summed E-state index contributed by atoms with van der Waals surface area (Å²) in [6.45, 7) is 4.14. The molecule has 0 aromatic heterocycles. The second-order valence-corrected chi connectivity index (χ2v) is 5.82. The van der Waals surface area contributed by atoms with Crippen molar-refractivity contribution in [1.29, 1.82) is 0 Å². The zero-order valence-corrected chi connectivity index (χ0v) is 13.1. The van der Waals surface area contributed by atoms with Gasteiger partial charge in [0.1, 0.15) is 0 Å². The molecule has 104 valence electrons. The van der Waals surface area contributed by atoms with E-state index in [1.54, 1.807) is 18.2 Å². The number of aryl methyl sites for hydroxylation is 2. The van der Waals surface area contributed by atoms with Gasteiger partial charge in [-0.15, -0.1) is 0 Å². The predicted molar refractivity (Wildman–Crippen MR) is 85.0 cm³/mol. The molecule has 0 spiro atoms. The van der Waals surface area contributed by atoms with E-state index in [4.69, 9.17) is 23.2 Å². The molecule has 1 nitrogen and oxygen atoms in total. The first kappa shape index (κ1) is 15.1. The molecule has 0 saturated carbocycles. The summed E-state index contributed by atoms with van der Waals surface area (Å²) >= 11 is 11.9. The van der Waals surface area contributed by atoms with Gasteiger partial charge in [0.25, 0.3) is 0 Å². The van der Waals surface area contributed by atoms with Gasteiger partial charge in [-0.05, 0) is 55.2 Å². The molecule has 0 radical (unpaired) electrons. The van der Waals surface area contributed by atoms with Gasteiger partial charge in [-0.1, -0.05) is 41.4 Å². The summed E-state index contributed by atoms with van der Waals surface area (Å²) in [6, 6.07) is 11.1. The van der Waals surface area contributed by atoms with Gasteiger partial charge in [-0.2, -0.15) is 0 Å². The van der Waals surface area contributed by atoms with Crippen LogP contribution in [0.2, 0.25) is 10.0 Å². The molecule has 0 aliphatic carbocycles. The van der Waals surface area contributed by atoms with Crippen molar-refractivity contribution in [1.82, 2.24) is 0 Å². The van der Waals surface area contributed by atoms with Crippen LogP contribution in [-0.2, 0) is 6.42 Å². The van der Waals surface area contributed by atoms with Crippen molar-refractivity contribution in [2.45, 2.75) is 26.7 Å². The highest BCUT2D eigenvalue weighted by molar-refractivity contribution is 6.35. The molecule has 0 aliphatic heterocycles. The number of benzene rings is 2. The van der Waals surface area contributed by atoms with Crippen molar-refractivity contribution < 1.29 is 4.79 Å². The molecule has 0 saturated heterocycles. The third-order valence-corrected chi connectivity index (χ3v) is 3.87. The van der Waals surface area contributed by atoms with Crippen LogP contribution in [0.15, 0.2) is 36.4 Å². The lowest BCUT2D eigenvalue weighted by atomic mass is 9.96. The summed E-state index contributed by atoms with van der Waals surface area (Å²) in [5.41, 5.74) is 4.27. The Balaban J connectivity index is 2.13. The van der Waals surface area contributed by atoms with Gasteiger partial charge in [0, 0.05) is 22.0 Å². The van der Waals surface area contributed by atoms with Crippen LogP contribution in [0.4, 0.5) is 0 Å². The van der Waals surface area contributed by atoms with Crippen LogP contribution in [0.1, 0.15) is 33.5 Å². The van der Waals surface area contributed by atoms with Crippen molar-refractivity contribution in [2.24, 2.45) is 0 Å². The lowest BCUT2D eigenvalue weighted by Gasteiger charge is -2.09. The summed E-state index contributed by atoms with van der Waals surface area (Å²) in [6.07, 6.45) is 1.20. The summed E-state index contributed by atoms with van der Waals surface area (Å²) < 4.78 is 0. The van der Waals surface area contributed by atoms with Gasteiger partial charge in [-0.3, -0.25) is 4.79 Å². The first-order valence-electron chi connectivity index (χ1n) is 6.52. The van der Waals surface area contributed by atoms with Crippen LogP contribution in [-0.4, -0.2) is 5.78 Å². The molecule has 0 aliphatic rings. The normalized spacial score (nSPS) is 10.6. The van der Waals surface area contributed by atoms with Crippen LogP contribution >= 0.6 is 23.2 Å². The molecule has 0 bridgehead atoms. The average molecular weight is 307 g/mol. The molecule has 2 aromatic rings. The highest BCUT2D eigenvalue weighted by Crippen LogP contribution is 2.21. The number of carbonyl (C=O) groups is 1. The second-order valence-electron chi connectivity index (χ2n) is 4.95. The molecule has 0 fully saturated rings. The number of carbonyl (C=O) groups excluding carboxylic acids is 1. The van der Waals surface area contributed by atoms with E-state index < -0.39 is 0 Å². The zero-order chi connectivity index (χ0) is 14.7. The summed E-state index contributed by atoms with van der Waals surface area (Å²) in [5, 5.41) is 0.987. The van der Waals surface area contributed by atoms with E-state index in [1.165, 1.54) is 16.7 Å². The quantitative estimate of drug-likeness (QED) is 0.689. The molecule has 0 heterocycles. The monoisotopic (exact) mass is 306 g/mol. The number of ketones is 1. The number of Topliss-reactive ketones (excluding diaryl/α,β-unsaturated/α-hetero) is 1. The van der Waals surface area contributed by atoms with Crippen LogP contribution in [0.5, 0.6) is 0 Å². The predicted octanol–water partition coefficient (Wildman–Crippen LogP) is 5.43. The van der Waals surface area contributed by atoms with Gasteiger partial charge in [0.15, 0.2) is 5.78 Å². The van der Waals surface area contributed by atoms with Gasteiger partial charge in [-0.25, -0.2) is 0 Å². The minimum atomic E-state index is 0.0667. The maximum Gasteiger partial charge on any atom is 0.163 e. The third-order valence-electron chi connectivity index (χ3n) is 3.43. The van der Waals surface area contributed by atoms with Crippen LogP contribution in [0.25, 0.3) is 0 Å². The molecule has 0 N–H and O–H groups in total. The molecule has 2 rings (SSSR count). The Morgan fingerprint density at radius 2 is 1.55 bits per heavy atom. The molecule has 2 aromatic carbocycles. The maximum atomic E-state index is 12.2. The Morgan fingerprint density at radius 3 is 2.10 bits per heavy atom. The Kier molecular flexibility index (Phi) is 4.85. The highest BCUT2D eigenvalue weighted by atomic mass is 35.5. The van der Waals surface area contributed by atoms with Crippen molar-refractivity contribution in [3.05, 3.63) is 68.7 Å². The van der Waals surface area contributed by atoms with Gasteiger partial charge in [0.2, 0.25) is 0 Å². The first-order valence-corrected chi connectivity index (χ1v) is 7.27. The second kappa shape index (κ2) is 6.43. The van der Waals surface area contributed by atoms with Crippen LogP contribution in [0, 0.1) is 13.8 Å². The minimum absolute atomic E-state index is 0.0667. The number of halogens is 2. The third kappa shape index (κ3) is 3.62. The lowest BCUT2D eigenvalue weighted by Crippen LogP contribution is -2.03. The van der Waals surface area contributed by atoms with Crippen LogP contribution in [0.3, 0.4) is 0 Å². The summed E-state index contributed by atoms with van der Waals surface area (Å²) in [7, 11) is 0. The fourth-order valence-electron chi connectivity index (χ4n) is 2.34. The van der Waals surface area contributed by atoms with Crippen molar-refractivity contribution >= 4 is 29.0 Å². The van der Waals surface area contributed by atoms with E-state index in [2.05, 4.69) is 26.0 Å². The molecule has 20 heavy (non-hydrogen) atoms. The van der Waals surface area contributed by atoms with Gasteiger partial charge in [0.05, 0.1) is 0 Å². The van der Waals surface area contributed by atoms with Crippen LogP contribution < -0.4 is 0 Å². The smallest absolute Gasteiger partial charge is 0.163 e. The average Bonchev–Trinajstić information content (AvgIpc) is 2.36. The molecule has 3 heteroatoms. The van der Waals surface area contributed by atoms with E-state index in [9.17, 15) is 4.79 Å². The Labute approximate surface area is 129 Å². The van der Waals surface area contributed by atoms with Crippen molar-refractivity contribution in [3.63, 3.8) is 0 Å². The zero-order valence-electron chi connectivity index (χ0n) is 11.5.